The van der Waals surface area contributed by atoms with Crippen molar-refractivity contribution in [2.75, 3.05) is 38.2 Å². The normalized spacial score (nSPS) is 13.3. The summed E-state index contributed by atoms with van der Waals surface area (Å²) in [6.45, 7) is 5.53. The number of unbranched alkanes of at least 4 members (excludes halogenated alkanes) is 1. The number of carbonyl (C=O) groups is 4. The lowest BCUT2D eigenvalue weighted by Gasteiger charge is -2.17. The number of carboxylic acid groups (broad SMARTS) is 1. The second-order valence-corrected chi connectivity index (χ2v) is 8.72. The molecule has 7 N–H and O–H groups in total. The summed E-state index contributed by atoms with van der Waals surface area (Å²) in [5, 5.41) is 20.1. The van der Waals surface area contributed by atoms with Crippen LogP contribution in [0.15, 0.2) is 57.9 Å². The third-order valence-electron chi connectivity index (χ3n) is 5.16. The van der Waals surface area contributed by atoms with Crippen LogP contribution in [0.25, 0.3) is 0 Å². The molecule has 0 saturated heterocycles. The van der Waals surface area contributed by atoms with Gasteiger partial charge in [-0.3, -0.25) is 19.2 Å². The van der Waals surface area contributed by atoms with Gasteiger partial charge in [-0.05, 0) is 44.0 Å². The fourth-order valence-electron chi connectivity index (χ4n) is 3.17. The van der Waals surface area contributed by atoms with E-state index < -0.39 is 11.9 Å². The van der Waals surface area contributed by atoms with E-state index in [1.165, 1.54) is 0 Å². The fourth-order valence-corrected chi connectivity index (χ4v) is 3.17. The zero-order chi connectivity index (χ0) is 31.2. The first kappa shape index (κ1) is 35.1. The first-order valence-corrected chi connectivity index (χ1v) is 13.3. The Hall–Kier alpha value is -4.96. The summed E-state index contributed by atoms with van der Waals surface area (Å²) >= 11 is 0. The fraction of sp³-hybridized carbons (Fsp3) is 0.379. The maximum Gasteiger partial charge on any atom is 0.303 e. The predicted octanol–water partition coefficient (Wildman–Crippen LogP) is 1.55. The van der Waals surface area contributed by atoms with E-state index in [-0.39, 0.29) is 23.9 Å². The maximum atomic E-state index is 12.4. The minimum absolute atomic E-state index is 0.0116. The van der Waals surface area contributed by atoms with Gasteiger partial charge in [0.2, 0.25) is 6.41 Å². The largest absolute Gasteiger partial charge is 0.481 e. The SMILES string of the molecule is C#CCOCCNC=O.CCC/C=C1\NC=C(CNc2ccc(C(=O)NCCCC(=O)O)cc2)N=C1C(=O)N=C(C)N. The van der Waals surface area contributed by atoms with E-state index in [1.54, 1.807) is 37.4 Å². The van der Waals surface area contributed by atoms with Gasteiger partial charge in [-0.25, -0.2) is 4.99 Å². The van der Waals surface area contributed by atoms with Crippen LogP contribution in [0.2, 0.25) is 0 Å². The Labute approximate surface area is 245 Å². The van der Waals surface area contributed by atoms with E-state index >= 15 is 0 Å². The highest BCUT2D eigenvalue weighted by molar-refractivity contribution is 6.47. The molecule has 0 fully saturated rings. The van der Waals surface area contributed by atoms with Crippen molar-refractivity contribution < 1.29 is 29.0 Å². The number of ether oxygens (including phenoxy) is 1. The lowest BCUT2D eigenvalue weighted by atomic mass is 10.1. The number of nitrogens with one attached hydrogen (secondary N) is 4. The average Bonchev–Trinajstić information content (AvgIpc) is 2.97. The summed E-state index contributed by atoms with van der Waals surface area (Å²) in [6, 6.07) is 6.86. The van der Waals surface area contributed by atoms with Crippen molar-refractivity contribution in [2.24, 2.45) is 15.7 Å². The summed E-state index contributed by atoms with van der Waals surface area (Å²) < 4.78 is 4.83. The van der Waals surface area contributed by atoms with Crippen LogP contribution < -0.4 is 27.0 Å². The van der Waals surface area contributed by atoms with E-state index in [2.05, 4.69) is 37.2 Å². The molecule has 0 spiro atoms. The number of aliphatic imine (C=N–C) groups is 2. The van der Waals surface area contributed by atoms with Crippen LogP contribution in [0.1, 0.15) is 49.9 Å². The van der Waals surface area contributed by atoms with E-state index in [4.69, 9.17) is 22.0 Å². The highest BCUT2D eigenvalue weighted by Crippen LogP contribution is 2.14. The quantitative estimate of drug-likeness (QED) is 0.0551. The van der Waals surface area contributed by atoms with Gasteiger partial charge in [0.1, 0.15) is 12.4 Å². The Morgan fingerprint density at radius 3 is 2.60 bits per heavy atom. The van der Waals surface area contributed by atoms with Crippen LogP contribution in [0, 0.1) is 12.3 Å². The van der Waals surface area contributed by atoms with Crippen molar-refractivity contribution in [3.63, 3.8) is 0 Å². The highest BCUT2D eigenvalue weighted by Gasteiger charge is 2.20. The maximum absolute atomic E-state index is 12.4. The number of carboxylic acids is 1. The van der Waals surface area contributed by atoms with E-state index in [9.17, 15) is 19.2 Å². The zero-order valence-corrected chi connectivity index (χ0v) is 23.9. The van der Waals surface area contributed by atoms with Crippen LogP contribution in [0.4, 0.5) is 5.69 Å². The number of hydrogen-bond acceptors (Lipinski definition) is 8. The second kappa shape index (κ2) is 20.9. The topological polar surface area (TPSA) is 197 Å². The molecule has 0 aliphatic carbocycles. The van der Waals surface area contributed by atoms with Gasteiger partial charge in [-0.1, -0.05) is 25.3 Å². The molecule has 0 radical (unpaired) electrons. The van der Waals surface area contributed by atoms with Crippen molar-refractivity contribution in [1.82, 2.24) is 16.0 Å². The molecule has 0 atom stereocenters. The first-order valence-electron chi connectivity index (χ1n) is 13.3. The minimum Gasteiger partial charge on any atom is -0.481 e. The Kier molecular flexibility index (Phi) is 17.4. The number of anilines is 1. The number of nitrogens with zero attached hydrogens (tertiary/aromatic N) is 2. The molecule has 1 aromatic rings. The average molecular weight is 582 g/mol. The van der Waals surface area contributed by atoms with Crippen molar-refractivity contribution in [3.05, 3.63) is 53.5 Å². The number of hydrogen-bond donors (Lipinski definition) is 6. The number of allylic oxidation sites excluding steroid dienone is 1. The van der Waals surface area contributed by atoms with Crippen LogP contribution in [-0.2, 0) is 19.1 Å². The lowest BCUT2D eigenvalue weighted by molar-refractivity contribution is -0.137. The molecule has 1 aliphatic heterocycles. The van der Waals surface area contributed by atoms with Crippen molar-refractivity contribution in [2.45, 2.75) is 39.5 Å². The molecule has 13 nitrogen and oxygen atoms in total. The molecule has 0 aromatic heterocycles. The first-order chi connectivity index (χ1) is 20.2. The number of aliphatic carboxylic acids is 1. The standard InChI is InChI=1S/C23H30N6O4.C6H9NO2/c1-3-4-6-19-21(23(33)28-15(2)24)29-18(14-27-19)13-26-17-10-8-16(9-11-17)22(32)25-12-5-7-20(30)31;1-2-4-9-5-3-7-6-8/h6,8-11,14,26-27H,3-5,7,12-13H2,1-2H3,(H,25,32)(H,30,31)(H2,24,28,33);1,6H,3-5H2,(H,7,8)/b19-6-;. The Bertz CT molecular complexity index is 1210. The van der Waals surface area contributed by atoms with Gasteiger partial charge in [0.05, 0.1) is 24.5 Å². The number of amides is 3. The number of amidine groups is 1. The second-order valence-electron chi connectivity index (χ2n) is 8.72. The Balaban J connectivity index is 0.000000844. The molecule has 0 bridgehead atoms. The van der Waals surface area contributed by atoms with Crippen LogP contribution >= 0.6 is 0 Å². The molecular formula is C29H39N7O6. The van der Waals surface area contributed by atoms with E-state index in [1.807, 2.05) is 13.0 Å². The number of benzene rings is 1. The summed E-state index contributed by atoms with van der Waals surface area (Å²) in [4.78, 5) is 53.0. The molecule has 13 heteroatoms. The summed E-state index contributed by atoms with van der Waals surface area (Å²) in [5.41, 5.74) is 8.22. The smallest absolute Gasteiger partial charge is 0.303 e. The molecule has 2 rings (SSSR count). The van der Waals surface area contributed by atoms with Crippen LogP contribution in [0.3, 0.4) is 0 Å². The van der Waals surface area contributed by atoms with Gasteiger partial charge in [0.15, 0.2) is 5.71 Å². The van der Waals surface area contributed by atoms with E-state index in [0.29, 0.717) is 62.6 Å². The predicted molar refractivity (Wildman–Crippen MR) is 162 cm³/mol. The molecule has 0 saturated carbocycles. The van der Waals surface area contributed by atoms with E-state index in [0.717, 1.165) is 18.5 Å². The summed E-state index contributed by atoms with van der Waals surface area (Å²) in [5.74, 6) is 0.813. The third kappa shape index (κ3) is 15.0. The van der Waals surface area contributed by atoms with Gasteiger partial charge in [0, 0.05) is 37.0 Å². The molecule has 1 heterocycles. The number of carbonyl (C=O) groups excluding carboxylic acids is 3. The highest BCUT2D eigenvalue weighted by atomic mass is 16.5. The summed E-state index contributed by atoms with van der Waals surface area (Å²) in [6.07, 6.45) is 11.2. The van der Waals surface area contributed by atoms with Gasteiger partial charge in [-0.15, -0.1) is 6.42 Å². The lowest BCUT2D eigenvalue weighted by Crippen LogP contribution is -2.28. The molecule has 0 unspecified atom stereocenters. The Morgan fingerprint density at radius 2 is 1.98 bits per heavy atom. The van der Waals surface area contributed by atoms with Crippen molar-refractivity contribution >= 4 is 41.4 Å². The molecule has 42 heavy (non-hydrogen) atoms. The molecule has 1 aliphatic rings. The summed E-state index contributed by atoms with van der Waals surface area (Å²) in [7, 11) is 0. The van der Waals surface area contributed by atoms with Crippen LogP contribution in [-0.4, -0.2) is 73.7 Å². The number of terminal acetylenes is 1. The van der Waals surface area contributed by atoms with Gasteiger partial charge >= 0.3 is 5.97 Å². The monoisotopic (exact) mass is 581 g/mol. The van der Waals surface area contributed by atoms with Crippen molar-refractivity contribution in [1.29, 1.82) is 0 Å². The van der Waals surface area contributed by atoms with Gasteiger partial charge < -0.3 is 36.8 Å². The minimum atomic E-state index is -0.890. The van der Waals surface area contributed by atoms with Gasteiger partial charge in [-0.2, -0.15) is 4.99 Å². The molecular weight excluding hydrogens is 542 g/mol. The zero-order valence-electron chi connectivity index (χ0n) is 23.9. The number of nitrogens with two attached hydrogens (primary N) is 1. The van der Waals surface area contributed by atoms with Gasteiger partial charge in [0.25, 0.3) is 11.8 Å². The molecule has 226 valence electrons. The Morgan fingerprint density at radius 1 is 1.24 bits per heavy atom. The number of rotatable bonds is 16. The molecule has 3 amide bonds. The van der Waals surface area contributed by atoms with Crippen LogP contribution in [0.5, 0.6) is 0 Å². The van der Waals surface area contributed by atoms with Crippen molar-refractivity contribution in [3.8, 4) is 12.3 Å². The third-order valence-corrected chi connectivity index (χ3v) is 5.16. The molecule has 1 aromatic carbocycles.